The van der Waals surface area contributed by atoms with Gasteiger partial charge in [0, 0.05) is 12.7 Å². The standard InChI is InChI=1S/C14H19N5O2/c1-3-4-9-21-12-7-5-11(6-8-12)15-14(20)10-13-16-17-18-19(13)2/h5-8H,3-4,9-10H2,1-2H3,(H,15,20). The van der Waals surface area contributed by atoms with Gasteiger partial charge in [0.05, 0.1) is 13.0 Å². The van der Waals surface area contributed by atoms with Crippen molar-refractivity contribution in [2.45, 2.75) is 26.2 Å². The molecule has 0 atom stereocenters. The van der Waals surface area contributed by atoms with Crippen molar-refractivity contribution in [1.29, 1.82) is 0 Å². The number of nitrogens with zero attached hydrogens (tertiary/aromatic N) is 4. The Balaban J connectivity index is 1.85. The number of hydrogen-bond donors (Lipinski definition) is 1. The van der Waals surface area contributed by atoms with E-state index in [-0.39, 0.29) is 12.3 Å². The third-order valence-electron chi connectivity index (χ3n) is 2.93. The number of nitrogens with one attached hydrogen (secondary N) is 1. The molecule has 0 fully saturated rings. The average molecular weight is 289 g/mol. The fourth-order valence-electron chi connectivity index (χ4n) is 1.72. The summed E-state index contributed by atoms with van der Waals surface area (Å²) in [6.45, 7) is 2.83. The fraction of sp³-hybridized carbons (Fsp3) is 0.429. The van der Waals surface area contributed by atoms with Crippen molar-refractivity contribution in [1.82, 2.24) is 20.2 Å². The number of amides is 1. The van der Waals surface area contributed by atoms with Crippen LogP contribution >= 0.6 is 0 Å². The van der Waals surface area contributed by atoms with Crippen molar-refractivity contribution in [3.63, 3.8) is 0 Å². The van der Waals surface area contributed by atoms with Gasteiger partial charge in [0.15, 0.2) is 5.82 Å². The van der Waals surface area contributed by atoms with E-state index in [9.17, 15) is 4.79 Å². The molecule has 7 nitrogen and oxygen atoms in total. The molecule has 112 valence electrons. The van der Waals surface area contributed by atoms with Gasteiger partial charge in [-0.1, -0.05) is 13.3 Å². The highest BCUT2D eigenvalue weighted by atomic mass is 16.5. The predicted octanol–water partition coefficient (Wildman–Crippen LogP) is 1.57. The number of aromatic nitrogens is 4. The van der Waals surface area contributed by atoms with Crippen LogP contribution in [0.15, 0.2) is 24.3 Å². The number of hydrogen-bond acceptors (Lipinski definition) is 5. The molecule has 0 aliphatic heterocycles. The number of ether oxygens (including phenoxy) is 1. The molecule has 0 aliphatic rings. The highest BCUT2D eigenvalue weighted by Crippen LogP contribution is 2.16. The topological polar surface area (TPSA) is 81.9 Å². The van der Waals surface area contributed by atoms with Gasteiger partial charge in [-0.2, -0.15) is 0 Å². The Morgan fingerprint density at radius 3 is 2.71 bits per heavy atom. The Morgan fingerprint density at radius 2 is 2.10 bits per heavy atom. The smallest absolute Gasteiger partial charge is 0.232 e. The molecule has 2 rings (SSSR count). The van der Waals surface area contributed by atoms with Crippen molar-refractivity contribution in [3.8, 4) is 5.75 Å². The van der Waals surface area contributed by atoms with Crippen LogP contribution in [0, 0.1) is 0 Å². The van der Waals surface area contributed by atoms with Crippen molar-refractivity contribution < 1.29 is 9.53 Å². The second-order valence-corrected chi connectivity index (χ2v) is 4.67. The van der Waals surface area contributed by atoms with Crippen LogP contribution in [-0.2, 0) is 18.3 Å². The summed E-state index contributed by atoms with van der Waals surface area (Å²) in [6, 6.07) is 7.31. The SMILES string of the molecule is CCCCOc1ccc(NC(=O)Cc2nnnn2C)cc1. The van der Waals surface area contributed by atoms with E-state index in [1.165, 1.54) is 4.68 Å². The van der Waals surface area contributed by atoms with E-state index in [0.717, 1.165) is 24.3 Å². The molecule has 1 heterocycles. The van der Waals surface area contributed by atoms with Crippen LogP contribution in [0.4, 0.5) is 5.69 Å². The first-order chi connectivity index (χ1) is 10.2. The van der Waals surface area contributed by atoms with Gasteiger partial charge in [0.2, 0.25) is 5.91 Å². The van der Waals surface area contributed by atoms with E-state index in [1.807, 2.05) is 24.3 Å². The Labute approximate surface area is 123 Å². The number of anilines is 1. The number of aryl methyl sites for hydroxylation is 1. The van der Waals surface area contributed by atoms with Crippen molar-refractivity contribution in [2.24, 2.45) is 7.05 Å². The summed E-state index contributed by atoms with van der Waals surface area (Å²) >= 11 is 0. The zero-order valence-electron chi connectivity index (χ0n) is 12.2. The van der Waals surface area contributed by atoms with Crippen molar-refractivity contribution in [2.75, 3.05) is 11.9 Å². The number of unbranched alkanes of at least 4 members (excludes halogenated alkanes) is 1. The first-order valence-corrected chi connectivity index (χ1v) is 6.93. The van der Waals surface area contributed by atoms with Gasteiger partial charge in [-0.15, -0.1) is 5.10 Å². The van der Waals surface area contributed by atoms with E-state index in [0.29, 0.717) is 12.4 Å². The summed E-state index contributed by atoms with van der Waals surface area (Å²) in [5.41, 5.74) is 0.720. The molecule has 21 heavy (non-hydrogen) atoms. The van der Waals surface area contributed by atoms with Gasteiger partial charge in [-0.3, -0.25) is 4.79 Å². The summed E-state index contributed by atoms with van der Waals surface area (Å²) < 4.78 is 7.04. The predicted molar refractivity (Wildman–Crippen MR) is 78.0 cm³/mol. The van der Waals surface area contributed by atoms with Gasteiger partial charge in [0.25, 0.3) is 0 Å². The molecule has 1 aromatic carbocycles. The van der Waals surface area contributed by atoms with E-state index < -0.39 is 0 Å². The maximum Gasteiger partial charge on any atom is 0.232 e. The van der Waals surface area contributed by atoms with Crippen LogP contribution in [0.1, 0.15) is 25.6 Å². The molecule has 1 amide bonds. The molecule has 1 N–H and O–H groups in total. The average Bonchev–Trinajstić information content (AvgIpc) is 2.86. The Hall–Kier alpha value is -2.44. The van der Waals surface area contributed by atoms with Crippen LogP contribution in [0.2, 0.25) is 0 Å². The molecule has 0 bridgehead atoms. The van der Waals surface area contributed by atoms with Crippen LogP contribution in [0.25, 0.3) is 0 Å². The largest absolute Gasteiger partial charge is 0.494 e. The summed E-state index contributed by atoms with van der Waals surface area (Å²) in [7, 11) is 1.70. The third kappa shape index (κ3) is 4.55. The monoisotopic (exact) mass is 289 g/mol. The zero-order chi connectivity index (χ0) is 15.1. The second-order valence-electron chi connectivity index (χ2n) is 4.67. The molecule has 7 heteroatoms. The molecular weight excluding hydrogens is 270 g/mol. The maximum atomic E-state index is 11.9. The molecule has 2 aromatic rings. The van der Waals surface area contributed by atoms with Crippen molar-refractivity contribution >= 4 is 11.6 Å². The van der Waals surface area contributed by atoms with Gasteiger partial charge >= 0.3 is 0 Å². The third-order valence-corrected chi connectivity index (χ3v) is 2.93. The van der Waals surface area contributed by atoms with Gasteiger partial charge in [0.1, 0.15) is 5.75 Å². The van der Waals surface area contributed by atoms with Crippen LogP contribution < -0.4 is 10.1 Å². The lowest BCUT2D eigenvalue weighted by Gasteiger charge is -2.07. The van der Waals surface area contributed by atoms with Crippen LogP contribution in [-0.4, -0.2) is 32.7 Å². The lowest BCUT2D eigenvalue weighted by atomic mass is 10.3. The normalized spacial score (nSPS) is 10.4. The number of carbonyl (C=O) groups excluding carboxylic acids is 1. The van der Waals surface area contributed by atoms with Crippen molar-refractivity contribution in [3.05, 3.63) is 30.1 Å². The molecular formula is C14H19N5O2. The van der Waals surface area contributed by atoms with Gasteiger partial charge in [-0.05, 0) is 41.1 Å². The highest BCUT2D eigenvalue weighted by molar-refractivity contribution is 5.91. The Kier molecular flexibility index (Phi) is 5.25. The molecule has 0 spiro atoms. The highest BCUT2D eigenvalue weighted by Gasteiger charge is 2.09. The van der Waals surface area contributed by atoms with E-state index >= 15 is 0 Å². The van der Waals surface area contributed by atoms with E-state index in [4.69, 9.17) is 4.74 Å². The first kappa shape index (κ1) is 15.0. The minimum Gasteiger partial charge on any atom is -0.494 e. The van der Waals surface area contributed by atoms with Crippen LogP contribution in [0.3, 0.4) is 0 Å². The number of rotatable bonds is 7. The summed E-state index contributed by atoms with van der Waals surface area (Å²) in [5.74, 6) is 1.17. The number of carbonyl (C=O) groups is 1. The zero-order valence-corrected chi connectivity index (χ0v) is 12.2. The van der Waals surface area contributed by atoms with Gasteiger partial charge < -0.3 is 10.1 Å². The summed E-state index contributed by atoms with van der Waals surface area (Å²) in [4.78, 5) is 11.9. The molecule has 0 radical (unpaired) electrons. The fourth-order valence-corrected chi connectivity index (χ4v) is 1.72. The van der Waals surface area contributed by atoms with Gasteiger partial charge in [-0.25, -0.2) is 4.68 Å². The minimum atomic E-state index is -0.160. The molecule has 1 aromatic heterocycles. The Bertz CT molecular complexity index is 579. The summed E-state index contributed by atoms with van der Waals surface area (Å²) in [6.07, 6.45) is 2.27. The molecule has 0 saturated heterocycles. The van der Waals surface area contributed by atoms with Crippen LogP contribution in [0.5, 0.6) is 5.75 Å². The summed E-state index contributed by atoms with van der Waals surface area (Å²) in [5, 5.41) is 13.8. The molecule has 0 unspecified atom stereocenters. The lowest BCUT2D eigenvalue weighted by Crippen LogP contribution is -2.17. The van der Waals surface area contributed by atoms with E-state index in [1.54, 1.807) is 7.05 Å². The maximum absolute atomic E-state index is 11.9. The molecule has 0 aliphatic carbocycles. The number of benzene rings is 1. The number of tetrazole rings is 1. The quantitative estimate of drug-likeness (QED) is 0.782. The second kappa shape index (κ2) is 7.37. The minimum absolute atomic E-state index is 0.137. The lowest BCUT2D eigenvalue weighted by molar-refractivity contribution is -0.115. The first-order valence-electron chi connectivity index (χ1n) is 6.93. The molecule has 0 saturated carbocycles. The Morgan fingerprint density at radius 1 is 1.33 bits per heavy atom. The van der Waals surface area contributed by atoms with E-state index in [2.05, 4.69) is 27.8 Å².